The minimum atomic E-state index is -0.447. The summed E-state index contributed by atoms with van der Waals surface area (Å²) in [5, 5.41) is 6.53. The Kier molecular flexibility index (Phi) is 4.11. The molecule has 1 heterocycles. The number of carbonyl (C=O) groups excluding carboxylic acids is 1. The van der Waals surface area contributed by atoms with Crippen molar-refractivity contribution in [2.45, 2.75) is 37.5 Å². The van der Waals surface area contributed by atoms with Crippen LogP contribution in [-0.2, 0) is 0 Å². The van der Waals surface area contributed by atoms with Gasteiger partial charge in [-0.2, -0.15) is 11.8 Å². The fraction of sp³-hybridized carbons (Fsp3) is 0.727. The van der Waals surface area contributed by atoms with Crippen LogP contribution in [0.25, 0.3) is 0 Å². The van der Waals surface area contributed by atoms with E-state index in [0.29, 0.717) is 5.25 Å². The van der Waals surface area contributed by atoms with Crippen LogP contribution < -0.4 is 5.69 Å². The molecule has 2 N–H and O–H groups in total. The van der Waals surface area contributed by atoms with Gasteiger partial charge in [0.1, 0.15) is 0 Å². The highest BCUT2D eigenvalue weighted by atomic mass is 32.2. The molecule has 2 atom stereocenters. The maximum atomic E-state index is 12.1. The molecule has 0 bridgehead atoms. The molecule has 1 aliphatic rings. The molecule has 1 aromatic heterocycles. The number of carbonyl (C=O) groups is 1. The summed E-state index contributed by atoms with van der Waals surface area (Å²) in [6, 6.07) is 0.252. The molecular formula is C11H18N4O2S. The van der Waals surface area contributed by atoms with Gasteiger partial charge in [-0.1, -0.05) is 6.92 Å². The Morgan fingerprint density at radius 1 is 1.56 bits per heavy atom. The Morgan fingerprint density at radius 2 is 2.33 bits per heavy atom. The maximum Gasteiger partial charge on any atom is 0.341 e. The number of H-pyrrole nitrogens is 2. The molecule has 6 nitrogen and oxygen atoms in total. The first-order valence-electron chi connectivity index (χ1n) is 6.15. The summed E-state index contributed by atoms with van der Waals surface area (Å²) in [6.07, 6.45) is 3.20. The van der Waals surface area contributed by atoms with Gasteiger partial charge >= 0.3 is 5.69 Å². The zero-order valence-electron chi connectivity index (χ0n) is 10.6. The van der Waals surface area contributed by atoms with E-state index in [0.717, 1.165) is 25.0 Å². The molecule has 0 aliphatic heterocycles. The zero-order valence-corrected chi connectivity index (χ0v) is 11.4. The number of aromatic nitrogens is 3. The van der Waals surface area contributed by atoms with E-state index in [-0.39, 0.29) is 17.8 Å². The van der Waals surface area contributed by atoms with Gasteiger partial charge in [-0.25, -0.2) is 9.89 Å². The molecule has 100 valence electrons. The molecule has 1 aromatic rings. The normalized spacial score (nSPS) is 23.2. The quantitative estimate of drug-likeness (QED) is 0.849. The highest BCUT2D eigenvalue weighted by molar-refractivity contribution is 7.99. The highest BCUT2D eigenvalue weighted by Gasteiger charge is 2.31. The Balaban J connectivity index is 1.97. The first-order chi connectivity index (χ1) is 8.61. The molecule has 2 rings (SSSR count). The molecule has 0 radical (unpaired) electrons. The van der Waals surface area contributed by atoms with Crippen molar-refractivity contribution in [1.29, 1.82) is 0 Å². The number of hydrogen-bond donors (Lipinski definition) is 2. The van der Waals surface area contributed by atoms with E-state index in [2.05, 4.69) is 22.1 Å². The fourth-order valence-electron chi connectivity index (χ4n) is 2.36. The Morgan fingerprint density at radius 3 is 2.94 bits per heavy atom. The van der Waals surface area contributed by atoms with Crippen LogP contribution in [0.2, 0.25) is 0 Å². The summed E-state index contributed by atoms with van der Waals surface area (Å²) in [5.74, 6) is 0.983. The summed E-state index contributed by atoms with van der Waals surface area (Å²) in [7, 11) is 1.78. The largest absolute Gasteiger partial charge is 0.341 e. The van der Waals surface area contributed by atoms with Crippen molar-refractivity contribution in [1.82, 2.24) is 20.1 Å². The third kappa shape index (κ3) is 2.77. The molecule has 0 unspecified atom stereocenters. The van der Waals surface area contributed by atoms with Gasteiger partial charge in [0.25, 0.3) is 5.91 Å². The van der Waals surface area contributed by atoms with Crippen molar-refractivity contribution in [3.8, 4) is 0 Å². The molecule has 1 saturated carbocycles. The molecule has 1 amide bonds. The van der Waals surface area contributed by atoms with Gasteiger partial charge in [-0.05, 0) is 25.0 Å². The molecular weight excluding hydrogens is 252 g/mol. The second-order valence-electron chi connectivity index (χ2n) is 4.49. The highest BCUT2D eigenvalue weighted by Crippen LogP contribution is 2.32. The number of aromatic amines is 2. The molecule has 0 spiro atoms. The summed E-state index contributed by atoms with van der Waals surface area (Å²) in [5.41, 5.74) is -0.447. The van der Waals surface area contributed by atoms with Crippen molar-refractivity contribution in [3.63, 3.8) is 0 Å². The monoisotopic (exact) mass is 270 g/mol. The Labute approximate surface area is 110 Å². The van der Waals surface area contributed by atoms with Crippen LogP contribution in [0.1, 0.15) is 36.8 Å². The van der Waals surface area contributed by atoms with Gasteiger partial charge < -0.3 is 4.90 Å². The third-order valence-corrected chi connectivity index (χ3v) is 4.56. The van der Waals surface area contributed by atoms with Crippen LogP contribution in [0.15, 0.2) is 4.79 Å². The first kappa shape index (κ1) is 13.2. The lowest BCUT2D eigenvalue weighted by atomic mass is 10.2. The maximum absolute atomic E-state index is 12.1. The van der Waals surface area contributed by atoms with E-state index in [1.54, 1.807) is 11.9 Å². The van der Waals surface area contributed by atoms with E-state index in [4.69, 9.17) is 0 Å². The predicted molar refractivity (Wildman–Crippen MR) is 70.9 cm³/mol. The van der Waals surface area contributed by atoms with Gasteiger partial charge in [0.05, 0.1) is 0 Å². The van der Waals surface area contributed by atoms with E-state index < -0.39 is 5.69 Å². The molecule has 0 aromatic carbocycles. The fourth-order valence-corrected chi connectivity index (χ4v) is 3.49. The molecule has 7 heteroatoms. The molecule has 1 aliphatic carbocycles. The Bertz CT molecular complexity index is 470. The predicted octanol–water partition coefficient (Wildman–Crippen LogP) is 0.844. The zero-order chi connectivity index (χ0) is 13.1. The molecule has 18 heavy (non-hydrogen) atoms. The van der Waals surface area contributed by atoms with Crippen LogP contribution in [0.5, 0.6) is 0 Å². The van der Waals surface area contributed by atoms with E-state index in [1.807, 2.05) is 11.8 Å². The average Bonchev–Trinajstić information content (AvgIpc) is 2.97. The SMILES string of the molecule is CCS[C@@H]1CC[C@H](N(C)C(=O)c2n[nH]c(=O)[nH]2)C1. The average molecular weight is 270 g/mol. The second kappa shape index (κ2) is 5.60. The van der Waals surface area contributed by atoms with Crippen molar-refractivity contribution in [2.24, 2.45) is 0 Å². The number of amides is 1. The van der Waals surface area contributed by atoms with Crippen molar-refractivity contribution in [2.75, 3.05) is 12.8 Å². The van der Waals surface area contributed by atoms with Gasteiger partial charge in [-0.3, -0.25) is 9.78 Å². The van der Waals surface area contributed by atoms with Crippen LogP contribution in [0, 0.1) is 0 Å². The lowest BCUT2D eigenvalue weighted by Gasteiger charge is -2.23. The van der Waals surface area contributed by atoms with Gasteiger partial charge in [-0.15, -0.1) is 5.10 Å². The third-order valence-electron chi connectivity index (χ3n) is 3.33. The van der Waals surface area contributed by atoms with Crippen LogP contribution in [-0.4, -0.2) is 50.1 Å². The summed E-state index contributed by atoms with van der Waals surface area (Å²) in [6.45, 7) is 2.15. The second-order valence-corrected chi connectivity index (χ2v) is 6.06. The van der Waals surface area contributed by atoms with E-state index >= 15 is 0 Å². The van der Waals surface area contributed by atoms with Crippen molar-refractivity contribution < 1.29 is 4.79 Å². The van der Waals surface area contributed by atoms with Gasteiger partial charge in [0, 0.05) is 18.3 Å². The van der Waals surface area contributed by atoms with Crippen LogP contribution >= 0.6 is 11.8 Å². The minimum Gasteiger partial charge on any atom is -0.336 e. The van der Waals surface area contributed by atoms with Crippen molar-refractivity contribution >= 4 is 17.7 Å². The topological polar surface area (TPSA) is 81.8 Å². The smallest absolute Gasteiger partial charge is 0.336 e. The van der Waals surface area contributed by atoms with Crippen molar-refractivity contribution in [3.05, 3.63) is 16.3 Å². The van der Waals surface area contributed by atoms with Crippen LogP contribution in [0.3, 0.4) is 0 Å². The molecule has 1 fully saturated rings. The summed E-state index contributed by atoms with van der Waals surface area (Å²) < 4.78 is 0. The number of hydrogen-bond acceptors (Lipinski definition) is 4. The van der Waals surface area contributed by atoms with Crippen LogP contribution in [0.4, 0.5) is 0 Å². The number of rotatable bonds is 4. The Hall–Kier alpha value is -1.24. The standard InChI is InChI=1S/C11H18N4O2S/c1-3-18-8-5-4-7(6-8)15(2)10(16)9-12-11(17)14-13-9/h7-8H,3-6H2,1-2H3,(H2,12,13,14,17)/t7-,8+/m0/s1. The summed E-state index contributed by atoms with van der Waals surface area (Å²) >= 11 is 1.95. The van der Waals surface area contributed by atoms with Gasteiger partial charge in [0.15, 0.2) is 0 Å². The first-order valence-corrected chi connectivity index (χ1v) is 7.20. The van der Waals surface area contributed by atoms with E-state index in [9.17, 15) is 9.59 Å². The number of thioether (sulfide) groups is 1. The van der Waals surface area contributed by atoms with Gasteiger partial charge in [0.2, 0.25) is 5.82 Å². The number of nitrogens with zero attached hydrogens (tertiary/aromatic N) is 2. The number of nitrogens with one attached hydrogen (secondary N) is 2. The summed E-state index contributed by atoms with van der Waals surface area (Å²) in [4.78, 5) is 27.1. The minimum absolute atomic E-state index is 0.0918. The lowest BCUT2D eigenvalue weighted by molar-refractivity contribution is 0.0723. The molecule has 0 saturated heterocycles. The lowest BCUT2D eigenvalue weighted by Crippen LogP contribution is -2.36. The van der Waals surface area contributed by atoms with E-state index in [1.165, 1.54) is 0 Å².